The van der Waals surface area contributed by atoms with Gasteiger partial charge in [0.1, 0.15) is 5.69 Å². The van der Waals surface area contributed by atoms with Crippen LogP contribution < -0.4 is 10.2 Å². The topological polar surface area (TPSA) is 58.4 Å². The molecule has 1 N–H and O–H groups in total. The summed E-state index contributed by atoms with van der Waals surface area (Å²) < 4.78 is 40.6. The minimum absolute atomic E-state index is 0.0946. The molecule has 0 atom stereocenters. The van der Waals surface area contributed by atoms with Crippen LogP contribution in [0.25, 0.3) is 11.2 Å². The summed E-state index contributed by atoms with van der Waals surface area (Å²) in [6.45, 7) is 8.75. The van der Waals surface area contributed by atoms with Crippen molar-refractivity contribution in [3.05, 3.63) is 78.3 Å². The van der Waals surface area contributed by atoms with E-state index in [1.54, 1.807) is 28.9 Å². The van der Waals surface area contributed by atoms with Crippen LogP contribution in [0, 0.1) is 0 Å². The molecule has 1 fully saturated rings. The van der Waals surface area contributed by atoms with E-state index in [9.17, 15) is 13.2 Å². The fourth-order valence-corrected chi connectivity index (χ4v) is 4.04. The van der Waals surface area contributed by atoms with Gasteiger partial charge in [0.25, 0.3) is 0 Å². The summed E-state index contributed by atoms with van der Waals surface area (Å²) >= 11 is 6.27. The first-order valence-electron chi connectivity index (χ1n) is 10.4. The molecule has 1 saturated heterocycles. The van der Waals surface area contributed by atoms with Crippen molar-refractivity contribution in [1.82, 2.24) is 19.6 Å². The summed E-state index contributed by atoms with van der Waals surface area (Å²) in [6, 6.07) is 6.53. The number of rotatable bonds is 6. The predicted molar refractivity (Wildman–Crippen MR) is 124 cm³/mol. The van der Waals surface area contributed by atoms with E-state index in [1.807, 2.05) is 17.0 Å². The fourth-order valence-electron chi connectivity index (χ4n) is 3.86. The van der Waals surface area contributed by atoms with Crippen molar-refractivity contribution in [3.8, 4) is 0 Å². The highest BCUT2D eigenvalue weighted by molar-refractivity contribution is 6.35. The van der Waals surface area contributed by atoms with Gasteiger partial charge in [-0.2, -0.15) is 18.2 Å². The number of anilines is 2. The molecule has 0 amide bonds. The van der Waals surface area contributed by atoms with Crippen molar-refractivity contribution in [3.63, 3.8) is 0 Å². The van der Waals surface area contributed by atoms with Crippen LogP contribution in [-0.4, -0.2) is 38.7 Å². The van der Waals surface area contributed by atoms with Crippen LogP contribution in [0.15, 0.2) is 67.0 Å². The molecule has 4 rings (SSSR count). The van der Waals surface area contributed by atoms with Crippen molar-refractivity contribution in [2.45, 2.75) is 25.1 Å². The first-order chi connectivity index (χ1) is 15.8. The van der Waals surface area contributed by atoms with Crippen molar-refractivity contribution < 1.29 is 13.2 Å². The number of hydrogen-bond donors (Lipinski definition) is 1. The number of nitrogens with one attached hydrogen (secondary N) is 1. The first kappa shape index (κ1) is 22.8. The average Bonchev–Trinajstić information content (AvgIpc) is 3.22. The molecule has 6 nitrogen and oxygen atoms in total. The molecule has 0 bridgehead atoms. The third-order valence-electron chi connectivity index (χ3n) is 5.52. The van der Waals surface area contributed by atoms with Gasteiger partial charge in [-0.05, 0) is 37.1 Å². The Morgan fingerprint density at radius 1 is 1.18 bits per heavy atom. The maximum atomic E-state index is 13.0. The van der Waals surface area contributed by atoms with E-state index >= 15 is 0 Å². The van der Waals surface area contributed by atoms with Gasteiger partial charge in [-0.3, -0.25) is 4.98 Å². The van der Waals surface area contributed by atoms with Gasteiger partial charge < -0.3 is 10.2 Å². The number of halogens is 4. The highest BCUT2D eigenvalue weighted by Crippen LogP contribution is 2.31. The van der Waals surface area contributed by atoms with Crippen LogP contribution in [0.1, 0.15) is 24.1 Å². The Bertz CT molecular complexity index is 1210. The van der Waals surface area contributed by atoms with E-state index in [0.717, 1.165) is 24.5 Å². The second kappa shape index (κ2) is 9.27. The summed E-state index contributed by atoms with van der Waals surface area (Å²) in [6.07, 6.45) is 3.19. The van der Waals surface area contributed by atoms with E-state index < -0.39 is 11.9 Å². The lowest BCUT2D eigenvalue weighted by Crippen LogP contribution is -2.39. The summed E-state index contributed by atoms with van der Waals surface area (Å²) in [5, 5.41) is 8.32. The van der Waals surface area contributed by atoms with Gasteiger partial charge in [0.15, 0.2) is 5.65 Å². The summed E-state index contributed by atoms with van der Waals surface area (Å²) in [5.74, 6) is 0.474. The Kier molecular flexibility index (Phi) is 6.42. The lowest BCUT2D eigenvalue weighted by molar-refractivity contribution is -0.141. The molecule has 0 aliphatic carbocycles. The van der Waals surface area contributed by atoms with E-state index in [-0.39, 0.29) is 6.04 Å². The predicted octanol–water partition coefficient (Wildman–Crippen LogP) is 5.55. The number of allylic oxidation sites excluding steroid dienone is 4. The van der Waals surface area contributed by atoms with Gasteiger partial charge in [0.2, 0.25) is 5.95 Å². The second-order valence-corrected chi connectivity index (χ2v) is 8.01. The summed E-state index contributed by atoms with van der Waals surface area (Å²) in [5.41, 5.74) is 1.76. The fraction of sp³-hybridized carbons (Fsp3) is 0.261. The molecule has 33 heavy (non-hydrogen) atoms. The Morgan fingerprint density at radius 2 is 1.94 bits per heavy atom. The minimum atomic E-state index is -4.46. The molecule has 0 aromatic carbocycles. The van der Waals surface area contributed by atoms with Gasteiger partial charge >= 0.3 is 6.18 Å². The monoisotopic (exact) mass is 474 g/mol. The standard InChI is InChI=1S/C23H22ClF3N6/c1-3-17(19(24)4-2)18-6-5-11-33-21(18)30-22(31-33)29-15-8-12-32(13-9-15)16-7-10-28-20(14-16)23(25,26)27/h3-7,10-11,14-15H,1-2,8-9,12-13H2,(H,29,31)/b19-17-. The zero-order valence-corrected chi connectivity index (χ0v) is 18.4. The molecular formula is C23H22ClF3N6. The van der Waals surface area contributed by atoms with Crippen molar-refractivity contribution in [1.29, 1.82) is 0 Å². The highest BCUT2D eigenvalue weighted by Gasteiger charge is 2.33. The molecule has 0 saturated carbocycles. The highest BCUT2D eigenvalue weighted by atomic mass is 35.5. The first-order valence-corrected chi connectivity index (χ1v) is 10.7. The smallest absolute Gasteiger partial charge is 0.371 e. The van der Waals surface area contributed by atoms with E-state index in [1.165, 1.54) is 6.20 Å². The van der Waals surface area contributed by atoms with Crippen LogP contribution >= 0.6 is 11.6 Å². The van der Waals surface area contributed by atoms with E-state index in [4.69, 9.17) is 11.6 Å². The molecule has 172 valence electrons. The van der Waals surface area contributed by atoms with Crippen LogP contribution in [0.5, 0.6) is 0 Å². The average molecular weight is 475 g/mol. The third kappa shape index (κ3) is 4.88. The minimum Gasteiger partial charge on any atom is -0.371 e. The van der Waals surface area contributed by atoms with Crippen LogP contribution in [0.4, 0.5) is 24.8 Å². The molecular weight excluding hydrogens is 453 g/mol. The van der Waals surface area contributed by atoms with Crippen LogP contribution in [-0.2, 0) is 6.18 Å². The Balaban J connectivity index is 1.47. The van der Waals surface area contributed by atoms with Gasteiger partial charge in [0, 0.05) is 53.4 Å². The van der Waals surface area contributed by atoms with Gasteiger partial charge in [-0.15, -0.1) is 5.10 Å². The third-order valence-corrected chi connectivity index (χ3v) is 5.88. The maximum absolute atomic E-state index is 13.0. The Hall–Kier alpha value is -3.33. The lowest BCUT2D eigenvalue weighted by atomic mass is 10.0. The number of aromatic nitrogens is 4. The molecule has 0 radical (unpaired) electrons. The van der Waals surface area contributed by atoms with E-state index in [0.29, 0.717) is 41.0 Å². The number of nitrogens with zero attached hydrogens (tertiary/aromatic N) is 5. The molecule has 0 spiro atoms. The van der Waals surface area contributed by atoms with E-state index in [2.05, 4.69) is 33.5 Å². The van der Waals surface area contributed by atoms with Crippen LogP contribution in [0.3, 0.4) is 0 Å². The van der Waals surface area contributed by atoms with Crippen LogP contribution in [0.2, 0.25) is 0 Å². The zero-order chi connectivity index (χ0) is 23.6. The maximum Gasteiger partial charge on any atom is 0.433 e. The normalized spacial score (nSPS) is 15.9. The largest absolute Gasteiger partial charge is 0.433 e. The zero-order valence-electron chi connectivity index (χ0n) is 17.7. The molecule has 1 aliphatic heterocycles. The molecule has 1 aliphatic rings. The SMILES string of the molecule is C=C/C(Cl)=C(\C=C)c1cccn2nc(NC3CCN(c4ccnc(C(F)(F)F)c4)CC3)nc12. The van der Waals surface area contributed by atoms with Gasteiger partial charge in [0.05, 0.1) is 0 Å². The molecule has 3 aromatic heterocycles. The van der Waals surface area contributed by atoms with Crippen molar-refractivity contribution >= 4 is 34.5 Å². The number of hydrogen-bond acceptors (Lipinski definition) is 5. The summed E-state index contributed by atoms with van der Waals surface area (Å²) in [4.78, 5) is 9.99. The Labute approximate surface area is 194 Å². The quantitative estimate of drug-likeness (QED) is 0.475. The molecule has 10 heteroatoms. The number of pyridine rings is 2. The van der Waals surface area contributed by atoms with Crippen molar-refractivity contribution in [2.24, 2.45) is 0 Å². The molecule has 4 heterocycles. The second-order valence-electron chi connectivity index (χ2n) is 7.60. The molecule has 0 unspecified atom stereocenters. The van der Waals surface area contributed by atoms with Gasteiger partial charge in [-0.1, -0.05) is 36.9 Å². The number of alkyl halides is 3. The Morgan fingerprint density at radius 3 is 2.61 bits per heavy atom. The number of fused-ring (bicyclic) bond motifs is 1. The lowest BCUT2D eigenvalue weighted by Gasteiger charge is -2.33. The molecule has 3 aromatic rings. The van der Waals surface area contributed by atoms with Crippen molar-refractivity contribution in [2.75, 3.05) is 23.3 Å². The summed E-state index contributed by atoms with van der Waals surface area (Å²) in [7, 11) is 0. The number of piperidine rings is 1. The van der Waals surface area contributed by atoms with Gasteiger partial charge in [-0.25, -0.2) is 4.52 Å².